The normalized spacial score (nSPS) is 12.4. The SMILES string of the molecule is OC(CSc1ccccc1Br)Cc1ccc(F)c(Cl)c1. The van der Waals surface area contributed by atoms with Crippen LogP contribution in [0.5, 0.6) is 0 Å². The van der Waals surface area contributed by atoms with Gasteiger partial charge in [0.2, 0.25) is 0 Å². The standard InChI is InChI=1S/C15H13BrClFOS/c16-12-3-1-2-4-15(12)20-9-11(19)7-10-5-6-14(18)13(17)8-10/h1-6,8,11,19H,7,9H2. The summed E-state index contributed by atoms with van der Waals surface area (Å²) in [7, 11) is 0. The van der Waals surface area contributed by atoms with E-state index in [-0.39, 0.29) is 5.02 Å². The van der Waals surface area contributed by atoms with E-state index >= 15 is 0 Å². The minimum absolute atomic E-state index is 0.0909. The van der Waals surface area contributed by atoms with Crippen molar-refractivity contribution >= 4 is 39.3 Å². The maximum Gasteiger partial charge on any atom is 0.141 e. The molecular weight excluding hydrogens is 363 g/mol. The number of hydrogen-bond acceptors (Lipinski definition) is 2. The van der Waals surface area contributed by atoms with Crippen LogP contribution in [0, 0.1) is 5.82 Å². The topological polar surface area (TPSA) is 20.2 Å². The number of rotatable bonds is 5. The van der Waals surface area contributed by atoms with Gasteiger partial charge in [0, 0.05) is 15.1 Å². The summed E-state index contributed by atoms with van der Waals surface area (Å²) in [6.07, 6.45) is -0.0501. The third-order valence-corrected chi connectivity index (χ3v) is 5.19. The van der Waals surface area contributed by atoms with Gasteiger partial charge in [-0.05, 0) is 52.2 Å². The molecule has 0 fully saturated rings. The third kappa shape index (κ3) is 4.48. The first-order valence-electron chi connectivity index (χ1n) is 6.05. The van der Waals surface area contributed by atoms with Crippen molar-refractivity contribution in [2.75, 3.05) is 5.75 Å². The van der Waals surface area contributed by atoms with Crippen molar-refractivity contribution in [2.45, 2.75) is 17.4 Å². The molecule has 2 aromatic carbocycles. The molecule has 0 aromatic heterocycles. The van der Waals surface area contributed by atoms with Crippen LogP contribution in [-0.4, -0.2) is 17.0 Å². The number of benzene rings is 2. The lowest BCUT2D eigenvalue weighted by Gasteiger charge is -2.11. The molecule has 0 heterocycles. The first-order valence-corrected chi connectivity index (χ1v) is 8.21. The molecule has 0 bridgehead atoms. The fourth-order valence-corrected chi connectivity index (χ4v) is 3.45. The van der Waals surface area contributed by atoms with E-state index in [9.17, 15) is 9.50 Å². The van der Waals surface area contributed by atoms with Crippen LogP contribution in [0.1, 0.15) is 5.56 Å². The molecule has 0 saturated heterocycles. The molecule has 1 unspecified atom stereocenters. The van der Waals surface area contributed by atoms with Crippen molar-refractivity contribution in [3.8, 4) is 0 Å². The zero-order chi connectivity index (χ0) is 14.5. The summed E-state index contributed by atoms with van der Waals surface area (Å²) in [5.41, 5.74) is 0.830. The highest BCUT2D eigenvalue weighted by Gasteiger charge is 2.09. The Morgan fingerprint density at radius 2 is 2.00 bits per heavy atom. The molecule has 106 valence electrons. The van der Waals surface area contributed by atoms with Gasteiger partial charge in [0.15, 0.2) is 0 Å². The van der Waals surface area contributed by atoms with E-state index in [4.69, 9.17) is 11.6 Å². The minimum Gasteiger partial charge on any atom is -0.392 e. The summed E-state index contributed by atoms with van der Waals surface area (Å²) < 4.78 is 14.1. The van der Waals surface area contributed by atoms with Crippen molar-refractivity contribution < 1.29 is 9.50 Å². The molecule has 2 rings (SSSR count). The molecule has 0 aliphatic rings. The number of thioether (sulfide) groups is 1. The van der Waals surface area contributed by atoms with Crippen LogP contribution >= 0.6 is 39.3 Å². The van der Waals surface area contributed by atoms with Crippen molar-refractivity contribution in [3.05, 3.63) is 63.3 Å². The second-order valence-corrected chi connectivity index (χ2v) is 6.67. The van der Waals surface area contributed by atoms with Crippen LogP contribution in [0.3, 0.4) is 0 Å². The lowest BCUT2D eigenvalue weighted by Crippen LogP contribution is -2.13. The highest BCUT2D eigenvalue weighted by molar-refractivity contribution is 9.10. The van der Waals surface area contributed by atoms with E-state index in [0.29, 0.717) is 12.2 Å². The molecule has 5 heteroatoms. The third-order valence-electron chi connectivity index (χ3n) is 2.72. The Morgan fingerprint density at radius 1 is 1.25 bits per heavy atom. The zero-order valence-corrected chi connectivity index (χ0v) is 13.7. The van der Waals surface area contributed by atoms with Crippen LogP contribution in [-0.2, 0) is 6.42 Å². The van der Waals surface area contributed by atoms with Gasteiger partial charge >= 0.3 is 0 Å². The molecule has 0 amide bonds. The lowest BCUT2D eigenvalue weighted by atomic mass is 10.1. The number of hydrogen-bond donors (Lipinski definition) is 1. The van der Waals surface area contributed by atoms with Crippen LogP contribution in [0.2, 0.25) is 5.02 Å². The van der Waals surface area contributed by atoms with E-state index in [2.05, 4.69) is 15.9 Å². The molecule has 0 saturated carbocycles. The predicted octanol–water partition coefficient (Wildman–Crippen LogP) is 4.94. The van der Waals surface area contributed by atoms with E-state index in [0.717, 1.165) is 14.9 Å². The van der Waals surface area contributed by atoms with Gasteiger partial charge in [-0.2, -0.15) is 0 Å². The van der Waals surface area contributed by atoms with E-state index in [1.807, 2.05) is 24.3 Å². The molecular formula is C15H13BrClFOS. The largest absolute Gasteiger partial charge is 0.392 e. The van der Waals surface area contributed by atoms with Crippen molar-refractivity contribution in [2.24, 2.45) is 0 Å². The average molecular weight is 376 g/mol. The summed E-state index contributed by atoms with van der Waals surface area (Å²) >= 11 is 10.8. The van der Waals surface area contributed by atoms with Crippen molar-refractivity contribution in [3.63, 3.8) is 0 Å². The molecule has 20 heavy (non-hydrogen) atoms. The fraction of sp³-hybridized carbons (Fsp3) is 0.200. The summed E-state index contributed by atoms with van der Waals surface area (Å²) in [6.45, 7) is 0. The van der Waals surface area contributed by atoms with Gasteiger partial charge in [-0.25, -0.2) is 4.39 Å². The Balaban J connectivity index is 1.91. The Bertz CT molecular complexity index is 594. The van der Waals surface area contributed by atoms with Gasteiger partial charge in [0.25, 0.3) is 0 Å². The van der Waals surface area contributed by atoms with E-state index in [1.165, 1.54) is 6.07 Å². The number of aliphatic hydroxyl groups excluding tert-OH is 1. The van der Waals surface area contributed by atoms with E-state index < -0.39 is 11.9 Å². The van der Waals surface area contributed by atoms with Gasteiger partial charge in [0.1, 0.15) is 5.82 Å². The Labute approximate surface area is 135 Å². The number of aliphatic hydroxyl groups is 1. The second kappa shape index (κ2) is 7.46. The van der Waals surface area contributed by atoms with Crippen LogP contribution < -0.4 is 0 Å². The molecule has 0 spiro atoms. The summed E-state index contributed by atoms with van der Waals surface area (Å²) in [4.78, 5) is 1.09. The van der Waals surface area contributed by atoms with Gasteiger partial charge in [-0.3, -0.25) is 0 Å². The molecule has 1 atom stereocenters. The lowest BCUT2D eigenvalue weighted by molar-refractivity contribution is 0.200. The van der Waals surface area contributed by atoms with E-state index in [1.54, 1.807) is 23.9 Å². The highest BCUT2D eigenvalue weighted by atomic mass is 79.9. The average Bonchev–Trinajstić information content (AvgIpc) is 2.42. The maximum atomic E-state index is 13.0. The first kappa shape index (κ1) is 15.8. The Morgan fingerprint density at radius 3 is 2.70 bits per heavy atom. The quantitative estimate of drug-likeness (QED) is 0.747. The smallest absolute Gasteiger partial charge is 0.141 e. The second-order valence-electron chi connectivity index (χ2n) is 4.35. The summed E-state index contributed by atoms with van der Waals surface area (Å²) in [5, 5.41) is 10.1. The van der Waals surface area contributed by atoms with Crippen LogP contribution in [0.15, 0.2) is 51.8 Å². The zero-order valence-electron chi connectivity index (χ0n) is 10.5. The van der Waals surface area contributed by atoms with Gasteiger partial charge in [-0.15, -0.1) is 11.8 Å². The van der Waals surface area contributed by atoms with Crippen molar-refractivity contribution in [1.29, 1.82) is 0 Å². The Hall–Kier alpha value is -0.550. The van der Waals surface area contributed by atoms with Gasteiger partial charge in [-0.1, -0.05) is 29.8 Å². The molecule has 1 N–H and O–H groups in total. The molecule has 2 aromatic rings. The predicted molar refractivity (Wildman–Crippen MR) is 86.0 cm³/mol. The molecule has 0 radical (unpaired) electrons. The monoisotopic (exact) mass is 374 g/mol. The maximum absolute atomic E-state index is 13.0. The summed E-state index contributed by atoms with van der Waals surface area (Å²) in [5.74, 6) is 0.130. The summed E-state index contributed by atoms with van der Waals surface area (Å²) in [6, 6.07) is 12.4. The van der Waals surface area contributed by atoms with Gasteiger partial charge in [0.05, 0.1) is 11.1 Å². The minimum atomic E-state index is -0.506. The van der Waals surface area contributed by atoms with Crippen LogP contribution in [0.25, 0.3) is 0 Å². The molecule has 0 aliphatic heterocycles. The Kier molecular flexibility index (Phi) is 5.90. The van der Waals surface area contributed by atoms with Crippen LogP contribution in [0.4, 0.5) is 4.39 Å². The molecule has 0 aliphatic carbocycles. The number of halogens is 3. The first-order chi connectivity index (χ1) is 9.56. The highest BCUT2D eigenvalue weighted by Crippen LogP contribution is 2.28. The fourth-order valence-electron chi connectivity index (χ4n) is 1.75. The van der Waals surface area contributed by atoms with Crippen molar-refractivity contribution in [1.82, 2.24) is 0 Å². The molecule has 1 nitrogen and oxygen atoms in total. The van der Waals surface area contributed by atoms with Gasteiger partial charge < -0.3 is 5.11 Å².